The van der Waals surface area contributed by atoms with Gasteiger partial charge >= 0.3 is 0 Å². The molecule has 0 radical (unpaired) electrons. The first-order chi connectivity index (χ1) is 17.0. The van der Waals surface area contributed by atoms with Gasteiger partial charge in [-0.2, -0.15) is 0 Å². The van der Waals surface area contributed by atoms with Crippen LogP contribution in [-0.2, 0) is 26.0 Å². The number of nitrogens with one attached hydrogen (secondary N) is 1. The highest BCUT2D eigenvalue weighted by Gasteiger charge is 2.27. The van der Waals surface area contributed by atoms with E-state index >= 15 is 0 Å². The lowest BCUT2D eigenvalue weighted by molar-refractivity contribution is -0.135. The van der Waals surface area contributed by atoms with Crippen molar-refractivity contribution < 1.29 is 27.5 Å². The van der Waals surface area contributed by atoms with Crippen LogP contribution in [0.25, 0.3) is 10.9 Å². The van der Waals surface area contributed by atoms with E-state index in [0.29, 0.717) is 28.1 Å². The van der Waals surface area contributed by atoms with Crippen molar-refractivity contribution in [1.29, 1.82) is 0 Å². The molecular weight excluding hydrogens is 482 g/mol. The number of ether oxygens (including phenoxy) is 2. The largest absolute Gasteiger partial charge is 0.497 e. The molecule has 1 heterocycles. The number of sulfone groups is 1. The van der Waals surface area contributed by atoms with Gasteiger partial charge in [-0.05, 0) is 45.9 Å². The monoisotopic (exact) mass is 515 g/mol. The van der Waals surface area contributed by atoms with E-state index in [1.54, 1.807) is 51.9 Å². The molecule has 0 bridgehead atoms. The number of carbonyl (C=O) groups is 2. The number of anilines is 1. The third-order valence-corrected chi connectivity index (χ3v) is 7.43. The van der Waals surface area contributed by atoms with E-state index in [0.717, 1.165) is 0 Å². The molecule has 2 amide bonds. The molecular formula is C26H33N3O6S. The fourth-order valence-electron chi connectivity index (χ4n) is 4.34. The van der Waals surface area contributed by atoms with Crippen LogP contribution in [0.2, 0.25) is 0 Å². The minimum Gasteiger partial charge on any atom is -0.497 e. The number of amides is 2. The molecule has 0 spiro atoms. The minimum absolute atomic E-state index is 0.000160. The van der Waals surface area contributed by atoms with Gasteiger partial charge in [0.2, 0.25) is 11.8 Å². The van der Waals surface area contributed by atoms with Crippen LogP contribution in [0.3, 0.4) is 0 Å². The summed E-state index contributed by atoms with van der Waals surface area (Å²) in [7, 11) is -1.10. The van der Waals surface area contributed by atoms with Crippen LogP contribution in [0, 0.1) is 0 Å². The Kier molecular flexibility index (Phi) is 8.29. The van der Waals surface area contributed by atoms with Crippen LogP contribution in [0.1, 0.15) is 27.7 Å². The smallest absolute Gasteiger partial charge is 0.242 e. The second-order valence-corrected chi connectivity index (χ2v) is 11.0. The summed E-state index contributed by atoms with van der Waals surface area (Å²) in [5.74, 6) is -0.762. The van der Waals surface area contributed by atoms with Gasteiger partial charge in [0.25, 0.3) is 0 Å². The Morgan fingerprint density at radius 3 is 2.28 bits per heavy atom. The maximum absolute atomic E-state index is 13.3. The first kappa shape index (κ1) is 27.1. The Bertz CT molecular complexity index is 1350. The Morgan fingerprint density at radius 1 is 1.00 bits per heavy atom. The van der Waals surface area contributed by atoms with Crippen LogP contribution in [0.15, 0.2) is 53.6 Å². The summed E-state index contributed by atoms with van der Waals surface area (Å²) in [5.41, 5.74) is 0.902. The van der Waals surface area contributed by atoms with Crippen LogP contribution in [-0.4, -0.2) is 61.8 Å². The van der Waals surface area contributed by atoms with Crippen molar-refractivity contribution in [2.24, 2.45) is 0 Å². The number of fused-ring (bicyclic) bond motifs is 1. The normalized spacial score (nSPS) is 11.7. The molecule has 3 rings (SSSR count). The fraction of sp³-hybridized carbons (Fsp3) is 0.385. The molecule has 1 aromatic heterocycles. The van der Waals surface area contributed by atoms with E-state index < -0.39 is 21.5 Å². The molecule has 0 aliphatic rings. The first-order valence-corrected chi connectivity index (χ1v) is 13.3. The van der Waals surface area contributed by atoms with E-state index in [4.69, 9.17) is 9.47 Å². The van der Waals surface area contributed by atoms with Crippen molar-refractivity contribution in [3.8, 4) is 11.5 Å². The van der Waals surface area contributed by atoms with Crippen LogP contribution in [0.5, 0.6) is 11.5 Å². The van der Waals surface area contributed by atoms with Crippen LogP contribution < -0.4 is 14.8 Å². The molecule has 2 aromatic carbocycles. The highest BCUT2D eigenvalue weighted by molar-refractivity contribution is 7.92. The lowest BCUT2D eigenvalue weighted by Crippen LogP contribution is -2.43. The predicted octanol–water partition coefficient (Wildman–Crippen LogP) is 3.72. The number of hydrogen-bond donors (Lipinski definition) is 1. The zero-order valence-electron chi connectivity index (χ0n) is 21.4. The van der Waals surface area contributed by atoms with Crippen molar-refractivity contribution >= 4 is 38.2 Å². The van der Waals surface area contributed by atoms with Crippen molar-refractivity contribution in [3.63, 3.8) is 0 Å². The second-order valence-electron chi connectivity index (χ2n) is 9.00. The molecule has 1 N–H and O–H groups in total. The summed E-state index contributed by atoms with van der Waals surface area (Å²) in [6.45, 7) is 7.75. The quantitative estimate of drug-likeness (QED) is 0.441. The summed E-state index contributed by atoms with van der Waals surface area (Å²) in [5, 5.41) is 3.05. The molecule has 0 fully saturated rings. The van der Waals surface area contributed by atoms with Gasteiger partial charge in [0, 0.05) is 35.2 Å². The Hall–Kier alpha value is -3.53. The van der Waals surface area contributed by atoms with Gasteiger partial charge in [0.1, 0.15) is 23.8 Å². The van der Waals surface area contributed by atoms with E-state index in [9.17, 15) is 18.0 Å². The topological polar surface area (TPSA) is 107 Å². The van der Waals surface area contributed by atoms with Gasteiger partial charge in [-0.1, -0.05) is 18.2 Å². The van der Waals surface area contributed by atoms with Crippen molar-refractivity contribution in [2.45, 2.75) is 51.2 Å². The molecule has 36 heavy (non-hydrogen) atoms. The first-order valence-electron chi connectivity index (χ1n) is 11.6. The third kappa shape index (κ3) is 5.81. The molecule has 10 heteroatoms. The molecule has 3 aromatic rings. The van der Waals surface area contributed by atoms with E-state index in [1.807, 2.05) is 27.7 Å². The summed E-state index contributed by atoms with van der Waals surface area (Å²) < 4.78 is 38.8. The number of aromatic nitrogens is 1. The number of methoxy groups -OCH3 is 2. The zero-order valence-corrected chi connectivity index (χ0v) is 22.3. The molecule has 0 saturated carbocycles. The predicted molar refractivity (Wildman–Crippen MR) is 139 cm³/mol. The number of carbonyl (C=O) groups excluding carboxylic acids is 2. The average Bonchev–Trinajstić information content (AvgIpc) is 3.17. The van der Waals surface area contributed by atoms with Crippen molar-refractivity contribution in [2.75, 3.05) is 25.3 Å². The summed E-state index contributed by atoms with van der Waals surface area (Å²) >= 11 is 0. The number of hydrogen-bond acceptors (Lipinski definition) is 6. The lowest BCUT2D eigenvalue weighted by atomic mass is 10.2. The second kappa shape index (κ2) is 11.0. The van der Waals surface area contributed by atoms with Gasteiger partial charge in [0.15, 0.2) is 9.84 Å². The summed E-state index contributed by atoms with van der Waals surface area (Å²) in [6.07, 6.45) is 1.44. The van der Waals surface area contributed by atoms with Crippen molar-refractivity contribution in [1.82, 2.24) is 9.47 Å². The van der Waals surface area contributed by atoms with Gasteiger partial charge in [0.05, 0.1) is 24.8 Å². The van der Waals surface area contributed by atoms with E-state index in [2.05, 4.69) is 5.32 Å². The Balaban J connectivity index is 1.91. The van der Waals surface area contributed by atoms with Crippen LogP contribution in [0.4, 0.5) is 5.69 Å². The average molecular weight is 516 g/mol. The van der Waals surface area contributed by atoms with Crippen LogP contribution >= 0.6 is 0 Å². The van der Waals surface area contributed by atoms with Gasteiger partial charge in [-0.3, -0.25) is 9.59 Å². The molecule has 0 unspecified atom stereocenters. The SMILES string of the molecule is COc1ccc(OC)c(NC(=O)CS(=O)(=O)c2cn(CC(=O)N(C(C)C)C(C)C)c3ccccc23)c1. The number of rotatable bonds is 10. The maximum Gasteiger partial charge on any atom is 0.242 e. The van der Waals surface area contributed by atoms with E-state index in [-0.39, 0.29) is 29.4 Å². The zero-order chi connectivity index (χ0) is 26.6. The molecule has 0 atom stereocenters. The lowest BCUT2D eigenvalue weighted by Gasteiger charge is -2.31. The number of para-hydroxylation sites is 1. The molecule has 0 aliphatic heterocycles. The maximum atomic E-state index is 13.3. The standard InChI is InChI=1S/C26H33N3O6S/c1-17(2)29(18(3)4)26(31)15-28-14-24(20-9-7-8-10-22(20)28)36(32,33)16-25(30)27-21-13-19(34-5)11-12-23(21)35-6/h7-14,17-18H,15-16H2,1-6H3,(H,27,30). The minimum atomic E-state index is -4.04. The third-order valence-electron chi connectivity index (χ3n) is 5.80. The van der Waals surface area contributed by atoms with Gasteiger partial charge in [-0.15, -0.1) is 0 Å². The Labute approximate surface area is 211 Å². The number of benzene rings is 2. The summed E-state index contributed by atoms with van der Waals surface area (Å²) in [6, 6.07) is 11.8. The highest BCUT2D eigenvalue weighted by Crippen LogP contribution is 2.30. The highest BCUT2D eigenvalue weighted by atomic mass is 32.2. The fourth-order valence-corrected chi connectivity index (χ4v) is 5.71. The van der Waals surface area contributed by atoms with Gasteiger partial charge in [-0.25, -0.2) is 8.42 Å². The number of nitrogens with zero attached hydrogens (tertiary/aromatic N) is 2. The van der Waals surface area contributed by atoms with Gasteiger partial charge < -0.3 is 24.3 Å². The van der Waals surface area contributed by atoms with E-state index in [1.165, 1.54) is 20.4 Å². The molecule has 0 aliphatic carbocycles. The molecule has 0 saturated heterocycles. The van der Waals surface area contributed by atoms with Crippen molar-refractivity contribution in [3.05, 3.63) is 48.7 Å². The Morgan fingerprint density at radius 2 is 1.67 bits per heavy atom. The molecule has 9 nitrogen and oxygen atoms in total. The summed E-state index contributed by atoms with van der Waals surface area (Å²) in [4.78, 5) is 27.6. The molecule has 194 valence electrons.